The molecule has 1 unspecified atom stereocenters. The van der Waals surface area contributed by atoms with E-state index in [1.807, 2.05) is 30.3 Å². The number of aliphatic hydroxyl groups excluding tert-OH is 1. The van der Waals surface area contributed by atoms with Gasteiger partial charge in [0, 0.05) is 12.0 Å². The van der Waals surface area contributed by atoms with Crippen LogP contribution in [0.5, 0.6) is 5.75 Å². The van der Waals surface area contributed by atoms with Crippen LogP contribution in [0.1, 0.15) is 59.3 Å². The van der Waals surface area contributed by atoms with Gasteiger partial charge in [-0.25, -0.2) is 0 Å². The molecule has 0 aliphatic carbocycles. The Hall–Kier alpha value is -1.06. The molecule has 3 nitrogen and oxygen atoms in total. The molecule has 0 aliphatic rings. The molecule has 3 heteroatoms. The average Bonchev–Trinajstić information content (AvgIpc) is 2.49. The topological polar surface area (TPSA) is 38.7 Å². The van der Waals surface area contributed by atoms with Crippen molar-refractivity contribution < 1.29 is 14.6 Å². The van der Waals surface area contributed by atoms with Crippen LogP contribution in [0.2, 0.25) is 0 Å². The molecule has 0 spiro atoms. The third-order valence-electron chi connectivity index (χ3n) is 3.52. The van der Waals surface area contributed by atoms with Crippen LogP contribution in [0, 0.1) is 5.41 Å². The highest BCUT2D eigenvalue weighted by atomic mass is 16.7. The van der Waals surface area contributed by atoms with Crippen LogP contribution in [0.4, 0.5) is 0 Å². The highest BCUT2D eigenvalue weighted by Gasteiger charge is 2.27. The van der Waals surface area contributed by atoms with Crippen LogP contribution < -0.4 is 4.74 Å². The smallest absolute Gasteiger partial charge is 0.204 e. The van der Waals surface area contributed by atoms with Crippen LogP contribution in [0.15, 0.2) is 30.3 Å². The van der Waals surface area contributed by atoms with E-state index in [2.05, 4.69) is 20.8 Å². The van der Waals surface area contributed by atoms with E-state index < -0.39 is 0 Å². The fourth-order valence-electron chi connectivity index (χ4n) is 2.19. The van der Waals surface area contributed by atoms with Gasteiger partial charge in [0.25, 0.3) is 0 Å². The number of unbranched alkanes of at least 4 members (excludes halogenated alkanes) is 5. The molecule has 0 aliphatic heterocycles. The van der Waals surface area contributed by atoms with Crippen molar-refractivity contribution in [2.24, 2.45) is 5.41 Å². The third-order valence-corrected chi connectivity index (χ3v) is 3.52. The van der Waals surface area contributed by atoms with Gasteiger partial charge in [0.1, 0.15) is 5.75 Å². The van der Waals surface area contributed by atoms with Gasteiger partial charge in [-0.05, 0) is 25.0 Å². The Morgan fingerprint density at radius 3 is 2.09 bits per heavy atom. The first-order valence-electron chi connectivity index (χ1n) is 8.48. The minimum absolute atomic E-state index is 0.0586. The maximum absolute atomic E-state index is 8.73. The predicted molar refractivity (Wildman–Crippen MR) is 91.1 cm³/mol. The number of rotatable bonds is 11. The largest absolute Gasteiger partial charge is 0.464 e. The van der Waals surface area contributed by atoms with E-state index in [4.69, 9.17) is 14.6 Å². The van der Waals surface area contributed by atoms with Gasteiger partial charge in [-0.2, -0.15) is 0 Å². The summed E-state index contributed by atoms with van der Waals surface area (Å²) in [6.07, 6.45) is 6.46. The fourth-order valence-corrected chi connectivity index (χ4v) is 2.19. The van der Waals surface area contributed by atoms with Gasteiger partial charge in [0.2, 0.25) is 6.29 Å². The minimum atomic E-state index is -0.232. The lowest BCUT2D eigenvalue weighted by atomic mass is 9.96. The summed E-state index contributed by atoms with van der Waals surface area (Å²) >= 11 is 0. The first kappa shape index (κ1) is 19.0. The molecule has 1 rings (SSSR count). The maximum atomic E-state index is 8.73. The van der Waals surface area contributed by atoms with Crippen LogP contribution in [-0.2, 0) is 4.74 Å². The summed E-state index contributed by atoms with van der Waals surface area (Å²) in [5.41, 5.74) is -0.0586. The molecular formula is C19H32O3. The van der Waals surface area contributed by atoms with Crippen molar-refractivity contribution in [3.63, 3.8) is 0 Å². The second-order valence-corrected chi connectivity index (χ2v) is 6.84. The van der Waals surface area contributed by atoms with E-state index in [1.54, 1.807) is 0 Å². The van der Waals surface area contributed by atoms with Gasteiger partial charge in [-0.3, -0.25) is 0 Å². The zero-order valence-corrected chi connectivity index (χ0v) is 14.4. The molecule has 0 fully saturated rings. The van der Waals surface area contributed by atoms with Crippen LogP contribution in [0.3, 0.4) is 0 Å². The summed E-state index contributed by atoms with van der Waals surface area (Å²) in [6.45, 7) is 7.45. The Balaban J connectivity index is 2.25. The van der Waals surface area contributed by atoms with E-state index in [-0.39, 0.29) is 11.7 Å². The lowest BCUT2D eigenvalue weighted by Crippen LogP contribution is -2.35. The molecule has 1 aromatic rings. The summed E-state index contributed by atoms with van der Waals surface area (Å²) in [6, 6.07) is 9.85. The number of benzene rings is 1. The average molecular weight is 308 g/mol. The third kappa shape index (κ3) is 8.40. The Bertz CT molecular complexity index is 370. The van der Waals surface area contributed by atoms with Crippen molar-refractivity contribution in [2.45, 2.75) is 65.6 Å². The minimum Gasteiger partial charge on any atom is -0.464 e. The van der Waals surface area contributed by atoms with Gasteiger partial charge in [0.15, 0.2) is 0 Å². The zero-order valence-electron chi connectivity index (χ0n) is 14.4. The molecule has 22 heavy (non-hydrogen) atoms. The van der Waals surface area contributed by atoms with Crippen molar-refractivity contribution in [2.75, 3.05) is 13.2 Å². The summed E-state index contributed by atoms with van der Waals surface area (Å²) in [7, 11) is 0. The molecular weight excluding hydrogens is 276 g/mol. The van der Waals surface area contributed by atoms with E-state index >= 15 is 0 Å². The number of ether oxygens (including phenoxy) is 2. The molecule has 1 atom stereocenters. The SMILES string of the molecule is CC(C)(C)C(OCCCCCCCCO)Oc1ccccc1. The summed E-state index contributed by atoms with van der Waals surface area (Å²) in [5.74, 6) is 0.853. The van der Waals surface area contributed by atoms with Crippen molar-refractivity contribution in [3.05, 3.63) is 30.3 Å². The van der Waals surface area contributed by atoms with Crippen molar-refractivity contribution in [3.8, 4) is 5.75 Å². The van der Waals surface area contributed by atoms with Gasteiger partial charge in [0.05, 0.1) is 6.61 Å². The zero-order chi connectivity index (χ0) is 16.3. The van der Waals surface area contributed by atoms with Crippen molar-refractivity contribution >= 4 is 0 Å². The van der Waals surface area contributed by atoms with Crippen molar-refractivity contribution in [1.29, 1.82) is 0 Å². The fraction of sp³-hybridized carbons (Fsp3) is 0.684. The lowest BCUT2D eigenvalue weighted by Gasteiger charge is -2.31. The standard InChI is InChI=1S/C19H32O3/c1-19(2,3)18(22-17-13-9-8-10-14-17)21-16-12-7-5-4-6-11-15-20/h8-10,13-14,18,20H,4-7,11-12,15-16H2,1-3H3. The molecule has 126 valence electrons. The molecule has 0 heterocycles. The monoisotopic (exact) mass is 308 g/mol. The van der Waals surface area contributed by atoms with Gasteiger partial charge in [-0.15, -0.1) is 0 Å². The molecule has 0 saturated carbocycles. The van der Waals surface area contributed by atoms with E-state index in [0.29, 0.717) is 6.61 Å². The highest BCUT2D eigenvalue weighted by molar-refractivity contribution is 5.21. The Morgan fingerprint density at radius 1 is 0.909 bits per heavy atom. The summed E-state index contributed by atoms with van der Waals surface area (Å²) in [4.78, 5) is 0. The van der Waals surface area contributed by atoms with Crippen LogP contribution >= 0.6 is 0 Å². The quantitative estimate of drug-likeness (QED) is 0.472. The van der Waals surface area contributed by atoms with E-state index in [9.17, 15) is 0 Å². The highest BCUT2D eigenvalue weighted by Crippen LogP contribution is 2.26. The second kappa shape index (κ2) is 10.6. The van der Waals surface area contributed by atoms with Crippen LogP contribution in [-0.4, -0.2) is 24.6 Å². The maximum Gasteiger partial charge on any atom is 0.204 e. The molecule has 0 amide bonds. The predicted octanol–water partition coefficient (Wildman–Crippen LogP) is 4.79. The first-order chi connectivity index (χ1) is 10.5. The lowest BCUT2D eigenvalue weighted by molar-refractivity contribution is -0.141. The molecule has 1 N–H and O–H groups in total. The number of hydrogen-bond donors (Lipinski definition) is 1. The number of para-hydroxylation sites is 1. The van der Waals surface area contributed by atoms with Crippen molar-refractivity contribution in [1.82, 2.24) is 0 Å². The normalized spacial score (nSPS) is 13.1. The Labute approximate surface area is 135 Å². The van der Waals surface area contributed by atoms with Gasteiger partial charge in [-0.1, -0.05) is 64.7 Å². The van der Waals surface area contributed by atoms with E-state index in [1.165, 1.54) is 19.3 Å². The number of aliphatic hydroxyl groups is 1. The molecule has 0 radical (unpaired) electrons. The van der Waals surface area contributed by atoms with E-state index in [0.717, 1.165) is 31.6 Å². The molecule has 1 aromatic carbocycles. The van der Waals surface area contributed by atoms with Gasteiger partial charge < -0.3 is 14.6 Å². The Kier molecular flexibility index (Phi) is 9.17. The molecule has 0 bridgehead atoms. The molecule has 0 aromatic heterocycles. The van der Waals surface area contributed by atoms with Crippen LogP contribution in [0.25, 0.3) is 0 Å². The Morgan fingerprint density at radius 2 is 1.50 bits per heavy atom. The van der Waals surface area contributed by atoms with Gasteiger partial charge >= 0.3 is 0 Å². The first-order valence-corrected chi connectivity index (χ1v) is 8.48. The molecule has 0 saturated heterocycles. The second-order valence-electron chi connectivity index (χ2n) is 6.84. The number of hydrogen-bond acceptors (Lipinski definition) is 3. The summed E-state index contributed by atoms with van der Waals surface area (Å²) < 4.78 is 12.0. The summed E-state index contributed by atoms with van der Waals surface area (Å²) in [5, 5.41) is 8.73.